The summed E-state index contributed by atoms with van der Waals surface area (Å²) in [5, 5.41) is 0.866. The SMILES string of the molecule is Cc1ccc(NC(=O)[C@H](C)S(=O)(=O)Cc2ccc(S(=O)(=O)N(C)C)o2)cc1. The minimum atomic E-state index is -3.91. The first kappa shape index (κ1) is 21.1. The summed E-state index contributed by atoms with van der Waals surface area (Å²) in [4.78, 5) is 12.3. The molecule has 148 valence electrons. The number of sulfone groups is 1. The van der Waals surface area contributed by atoms with Crippen molar-refractivity contribution in [2.75, 3.05) is 19.4 Å². The third kappa shape index (κ3) is 4.96. The lowest BCUT2D eigenvalue weighted by Gasteiger charge is -2.13. The highest BCUT2D eigenvalue weighted by Crippen LogP contribution is 2.20. The maximum absolute atomic E-state index is 12.5. The Balaban J connectivity index is 2.12. The number of aryl methyl sites for hydroxylation is 1. The minimum absolute atomic E-state index is 0.0505. The number of anilines is 1. The number of hydrogen-bond acceptors (Lipinski definition) is 6. The monoisotopic (exact) mass is 414 g/mol. The summed E-state index contributed by atoms with van der Waals surface area (Å²) in [6, 6.07) is 9.42. The summed E-state index contributed by atoms with van der Waals surface area (Å²) >= 11 is 0. The van der Waals surface area contributed by atoms with E-state index in [1.165, 1.54) is 33.2 Å². The van der Waals surface area contributed by atoms with Gasteiger partial charge in [0.15, 0.2) is 9.84 Å². The summed E-state index contributed by atoms with van der Waals surface area (Å²) in [6.45, 7) is 3.17. The van der Waals surface area contributed by atoms with E-state index in [-0.39, 0.29) is 10.9 Å². The highest BCUT2D eigenvalue weighted by Gasteiger charge is 2.30. The summed E-state index contributed by atoms with van der Waals surface area (Å²) in [7, 11) is -5.03. The van der Waals surface area contributed by atoms with E-state index in [4.69, 9.17) is 4.42 Å². The molecule has 0 saturated heterocycles. The number of sulfonamides is 1. The van der Waals surface area contributed by atoms with Crippen molar-refractivity contribution in [3.8, 4) is 0 Å². The van der Waals surface area contributed by atoms with Crippen molar-refractivity contribution in [2.24, 2.45) is 0 Å². The van der Waals surface area contributed by atoms with E-state index in [1.54, 1.807) is 24.3 Å². The van der Waals surface area contributed by atoms with E-state index in [2.05, 4.69) is 5.32 Å². The van der Waals surface area contributed by atoms with Crippen LogP contribution < -0.4 is 5.32 Å². The van der Waals surface area contributed by atoms with E-state index < -0.39 is 36.8 Å². The highest BCUT2D eigenvalue weighted by atomic mass is 32.2. The van der Waals surface area contributed by atoms with Gasteiger partial charge in [-0.3, -0.25) is 4.79 Å². The Morgan fingerprint density at radius 1 is 1.07 bits per heavy atom. The number of carbonyl (C=O) groups excluding carboxylic acids is 1. The first-order valence-corrected chi connectivity index (χ1v) is 11.2. The third-order valence-electron chi connectivity index (χ3n) is 3.94. The summed E-state index contributed by atoms with van der Waals surface area (Å²) in [5.41, 5.74) is 1.50. The van der Waals surface area contributed by atoms with Crippen LogP contribution in [0.15, 0.2) is 45.9 Å². The molecule has 2 aromatic rings. The van der Waals surface area contributed by atoms with Gasteiger partial charge in [0.05, 0.1) is 0 Å². The van der Waals surface area contributed by atoms with Gasteiger partial charge in [-0.2, -0.15) is 0 Å². The average molecular weight is 415 g/mol. The van der Waals surface area contributed by atoms with E-state index in [1.807, 2.05) is 6.92 Å². The Morgan fingerprint density at radius 2 is 1.67 bits per heavy atom. The molecule has 1 N–H and O–H groups in total. The second-order valence-electron chi connectivity index (χ2n) is 6.31. The van der Waals surface area contributed by atoms with Crippen LogP contribution in [0.5, 0.6) is 0 Å². The molecule has 1 aromatic heterocycles. The van der Waals surface area contributed by atoms with Crippen LogP contribution in [-0.4, -0.2) is 46.4 Å². The molecule has 10 heteroatoms. The van der Waals surface area contributed by atoms with E-state index in [0.29, 0.717) is 5.69 Å². The second-order valence-corrected chi connectivity index (χ2v) is 10.7. The van der Waals surface area contributed by atoms with Crippen molar-refractivity contribution in [2.45, 2.75) is 29.9 Å². The molecule has 0 fully saturated rings. The van der Waals surface area contributed by atoms with Gasteiger partial charge in [-0.15, -0.1) is 0 Å². The molecule has 27 heavy (non-hydrogen) atoms. The molecule has 0 unspecified atom stereocenters. The van der Waals surface area contributed by atoms with Crippen LogP contribution in [0.3, 0.4) is 0 Å². The number of nitrogens with one attached hydrogen (secondary N) is 1. The third-order valence-corrected chi connectivity index (χ3v) is 7.61. The molecular formula is C17H22N2O6S2. The molecule has 0 aliphatic heterocycles. The van der Waals surface area contributed by atoms with Crippen molar-refractivity contribution >= 4 is 31.5 Å². The normalized spacial score (nSPS) is 13.5. The van der Waals surface area contributed by atoms with E-state index in [0.717, 1.165) is 9.87 Å². The van der Waals surface area contributed by atoms with Crippen molar-refractivity contribution in [1.82, 2.24) is 4.31 Å². The number of furan rings is 1. The number of amides is 1. The lowest BCUT2D eigenvalue weighted by molar-refractivity contribution is -0.115. The lowest BCUT2D eigenvalue weighted by atomic mass is 10.2. The van der Waals surface area contributed by atoms with Gasteiger partial charge in [-0.25, -0.2) is 21.1 Å². The highest BCUT2D eigenvalue weighted by molar-refractivity contribution is 7.92. The molecule has 0 bridgehead atoms. The zero-order valence-corrected chi connectivity index (χ0v) is 17.1. The predicted molar refractivity (Wildman–Crippen MR) is 101 cm³/mol. The molecular weight excluding hydrogens is 392 g/mol. The first-order chi connectivity index (χ1) is 12.4. The fraction of sp³-hybridized carbons (Fsp3) is 0.353. The van der Waals surface area contributed by atoms with Crippen molar-refractivity contribution in [3.63, 3.8) is 0 Å². The zero-order valence-electron chi connectivity index (χ0n) is 15.5. The first-order valence-electron chi connectivity index (χ1n) is 8.04. The second kappa shape index (κ2) is 7.83. The Hall–Kier alpha value is -2.17. The molecule has 1 heterocycles. The van der Waals surface area contributed by atoms with Crippen LogP contribution in [0.1, 0.15) is 18.2 Å². The molecule has 1 aromatic carbocycles. The van der Waals surface area contributed by atoms with E-state index in [9.17, 15) is 21.6 Å². The number of rotatable bonds is 7. The smallest absolute Gasteiger partial charge is 0.275 e. The average Bonchev–Trinajstić information content (AvgIpc) is 3.04. The maximum atomic E-state index is 12.5. The molecule has 0 radical (unpaired) electrons. The molecule has 1 atom stereocenters. The van der Waals surface area contributed by atoms with Gasteiger partial charge in [0.1, 0.15) is 16.8 Å². The van der Waals surface area contributed by atoms with Crippen molar-refractivity contribution < 1.29 is 26.0 Å². The fourth-order valence-corrected chi connectivity index (χ4v) is 4.12. The quantitative estimate of drug-likeness (QED) is 0.739. The van der Waals surface area contributed by atoms with Crippen LogP contribution in [0.4, 0.5) is 5.69 Å². The topological polar surface area (TPSA) is 114 Å². The summed E-state index contributed by atoms with van der Waals surface area (Å²) in [5.74, 6) is -1.31. The van der Waals surface area contributed by atoms with Gasteiger partial charge in [0.25, 0.3) is 10.0 Å². The predicted octanol–water partition coefficient (Wildman–Crippen LogP) is 1.78. The molecule has 1 amide bonds. The molecule has 2 rings (SSSR count). The van der Waals surface area contributed by atoms with Gasteiger partial charge in [-0.1, -0.05) is 17.7 Å². The van der Waals surface area contributed by atoms with Crippen LogP contribution in [0, 0.1) is 6.92 Å². The number of carbonyl (C=O) groups is 1. The molecule has 0 aliphatic carbocycles. The molecule has 0 aliphatic rings. The van der Waals surface area contributed by atoms with Crippen LogP contribution in [0.25, 0.3) is 0 Å². The van der Waals surface area contributed by atoms with Gasteiger partial charge in [0, 0.05) is 19.8 Å². The largest absolute Gasteiger partial charge is 0.447 e. The van der Waals surface area contributed by atoms with Crippen LogP contribution >= 0.6 is 0 Å². The number of hydrogen-bond donors (Lipinski definition) is 1. The van der Waals surface area contributed by atoms with Crippen LogP contribution in [-0.2, 0) is 30.4 Å². The Kier molecular flexibility index (Phi) is 6.13. The summed E-state index contributed by atoms with van der Waals surface area (Å²) in [6.07, 6.45) is 0. The van der Waals surface area contributed by atoms with Gasteiger partial charge in [0.2, 0.25) is 11.0 Å². The fourth-order valence-electron chi connectivity index (χ4n) is 2.12. The van der Waals surface area contributed by atoms with Crippen molar-refractivity contribution in [3.05, 3.63) is 47.7 Å². The van der Waals surface area contributed by atoms with E-state index >= 15 is 0 Å². The molecule has 0 saturated carbocycles. The Labute approximate surface area is 159 Å². The van der Waals surface area contributed by atoms with Gasteiger partial charge >= 0.3 is 0 Å². The van der Waals surface area contributed by atoms with Crippen LogP contribution in [0.2, 0.25) is 0 Å². The lowest BCUT2D eigenvalue weighted by Crippen LogP contribution is -2.33. The number of benzene rings is 1. The molecule has 0 spiro atoms. The van der Waals surface area contributed by atoms with Gasteiger partial charge in [-0.05, 0) is 38.1 Å². The Morgan fingerprint density at radius 3 is 2.22 bits per heavy atom. The Bertz CT molecular complexity index is 1020. The number of nitrogens with zero attached hydrogens (tertiary/aromatic N) is 1. The summed E-state index contributed by atoms with van der Waals surface area (Å²) < 4.78 is 55.1. The maximum Gasteiger partial charge on any atom is 0.275 e. The zero-order chi connectivity index (χ0) is 20.4. The van der Waals surface area contributed by atoms with Crippen molar-refractivity contribution in [1.29, 1.82) is 0 Å². The molecule has 8 nitrogen and oxygen atoms in total. The standard InChI is InChI=1S/C17H22N2O6S2/c1-12-5-7-14(8-6-12)18-17(20)13(2)26(21,22)11-15-9-10-16(25-15)27(23,24)19(3)4/h5-10,13H,11H2,1-4H3,(H,18,20)/t13-/m0/s1. The van der Waals surface area contributed by atoms with Gasteiger partial charge < -0.3 is 9.73 Å². The minimum Gasteiger partial charge on any atom is -0.447 e.